The largest absolute Gasteiger partial charge is 0.497 e. The third-order valence-corrected chi connectivity index (χ3v) is 3.54. The topological polar surface area (TPSA) is 72.7 Å². The fourth-order valence-electron chi connectivity index (χ4n) is 2.40. The third-order valence-electron chi connectivity index (χ3n) is 3.54. The van der Waals surface area contributed by atoms with Crippen molar-refractivity contribution in [1.82, 2.24) is 0 Å². The molecular formula is C20H24N2O4. The van der Waals surface area contributed by atoms with Crippen LogP contribution < -0.4 is 9.64 Å². The molecule has 0 spiro atoms. The summed E-state index contributed by atoms with van der Waals surface area (Å²) in [5.41, 5.74) is 1.76. The van der Waals surface area contributed by atoms with E-state index in [-0.39, 0.29) is 5.69 Å². The summed E-state index contributed by atoms with van der Waals surface area (Å²) < 4.78 is 5.11. The van der Waals surface area contributed by atoms with E-state index in [9.17, 15) is 14.9 Å². The Balaban J connectivity index is 0.00000163. The molecule has 138 valence electrons. The highest BCUT2D eigenvalue weighted by atomic mass is 16.6. The molecule has 0 aliphatic rings. The summed E-state index contributed by atoms with van der Waals surface area (Å²) in [6.07, 6.45) is 4.02. The molecule has 0 unspecified atom stereocenters. The number of ether oxygens (including phenoxy) is 1. The van der Waals surface area contributed by atoms with Crippen LogP contribution in [0, 0.1) is 10.1 Å². The molecule has 0 bridgehead atoms. The zero-order chi connectivity index (χ0) is 19.5. The summed E-state index contributed by atoms with van der Waals surface area (Å²) in [6, 6.07) is 12.0. The minimum atomic E-state index is -0.449. The van der Waals surface area contributed by atoms with E-state index in [2.05, 4.69) is 0 Å². The lowest BCUT2D eigenvalue weighted by Crippen LogP contribution is -2.21. The van der Waals surface area contributed by atoms with Crippen LogP contribution in [0.4, 0.5) is 11.4 Å². The lowest BCUT2D eigenvalue weighted by atomic mass is 10.1. The van der Waals surface area contributed by atoms with Crippen LogP contribution in [0.25, 0.3) is 6.08 Å². The number of methoxy groups -OCH3 is 1. The average molecular weight is 356 g/mol. The van der Waals surface area contributed by atoms with E-state index < -0.39 is 4.92 Å². The molecule has 2 rings (SSSR count). The highest BCUT2D eigenvalue weighted by Gasteiger charge is 2.19. The molecule has 6 nitrogen and oxygen atoms in total. The van der Waals surface area contributed by atoms with Crippen LogP contribution in [0.3, 0.4) is 0 Å². The van der Waals surface area contributed by atoms with Crippen molar-refractivity contribution in [2.75, 3.05) is 12.0 Å². The molecule has 0 N–H and O–H groups in total. The van der Waals surface area contributed by atoms with Gasteiger partial charge in [0.25, 0.3) is 5.69 Å². The number of benzene rings is 2. The Morgan fingerprint density at radius 2 is 1.81 bits per heavy atom. The number of rotatable bonds is 7. The molecule has 1 amide bonds. The molecule has 0 aromatic heterocycles. The van der Waals surface area contributed by atoms with Gasteiger partial charge in [-0.1, -0.05) is 44.2 Å². The number of nitrogens with zero attached hydrogens (tertiary/aromatic N) is 2. The van der Waals surface area contributed by atoms with E-state index >= 15 is 0 Å². The lowest BCUT2D eigenvalue weighted by Gasteiger charge is -2.20. The van der Waals surface area contributed by atoms with Crippen LogP contribution in [0.5, 0.6) is 5.75 Å². The number of amides is 1. The summed E-state index contributed by atoms with van der Waals surface area (Å²) in [5.74, 6) is 0.723. The maximum Gasteiger partial charge on any atom is 0.278 e. The second kappa shape index (κ2) is 10.7. The number of carbonyl (C=O) groups is 1. The molecule has 6 heteroatoms. The van der Waals surface area contributed by atoms with E-state index in [1.165, 1.54) is 11.0 Å². The van der Waals surface area contributed by atoms with E-state index in [1.807, 2.05) is 26.0 Å². The summed E-state index contributed by atoms with van der Waals surface area (Å²) in [4.78, 5) is 23.8. The molecule has 0 radical (unpaired) electrons. The predicted octanol–water partition coefficient (Wildman–Crippen LogP) is 4.83. The minimum absolute atomic E-state index is 0.0350. The average Bonchev–Trinajstić information content (AvgIpc) is 2.68. The summed E-state index contributed by atoms with van der Waals surface area (Å²) in [5, 5.41) is 11.2. The molecule has 0 saturated carbocycles. The lowest BCUT2D eigenvalue weighted by molar-refractivity contribution is -0.385. The Morgan fingerprint density at radius 3 is 2.31 bits per heavy atom. The molecule has 2 aromatic rings. The van der Waals surface area contributed by atoms with Gasteiger partial charge in [0, 0.05) is 6.07 Å². The maximum atomic E-state index is 11.6. The Bertz CT molecular complexity index is 755. The molecule has 0 fully saturated rings. The Morgan fingerprint density at radius 1 is 1.15 bits per heavy atom. The SMILES string of the molecule is C/C=C\c1c(N(C=O)Cc2ccc(OC)cc2)cccc1[N+](=O)[O-].CC. The molecule has 2 aromatic carbocycles. The highest BCUT2D eigenvalue weighted by Crippen LogP contribution is 2.31. The molecule has 0 saturated heterocycles. The third kappa shape index (κ3) is 5.17. The van der Waals surface area contributed by atoms with Gasteiger partial charge in [-0.3, -0.25) is 14.9 Å². The number of allylic oxidation sites excluding steroid dienone is 1. The van der Waals surface area contributed by atoms with Gasteiger partial charge >= 0.3 is 0 Å². The zero-order valence-electron chi connectivity index (χ0n) is 15.5. The number of hydrogen-bond donors (Lipinski definition) is 0. The number of hydrogen-bond acceptors (Lipinski definition) is 4. The fourth-order valence-corrected chi connectivity index (χ4v) is 2.40. The van der Waals surface area contributed by atoms with Gasteiger partial charge in [-0.25, -0.2) is 0 Å². The first-order chi connectivity index (χ1) is 12.6. The van der Waals surface area contributed by atoms with Crippen LogP contribution in [0.15, 0.2) is 48.5 Å². The summed E-state index contributed by atoms with van der Waals surface area (Å²) in [7, 11) is 1.58. The first-order valence-corrected chi connectivity index (χ1v) is 8.35. The van der Waals surface area contributed by atoms with Gasteiger partial charge in [0.2, 0.25) is 6.41 Å². The summed E-state index contributed by atoms with van der Waals surface area (Å²) >= 11 is 0. The van der Waals surface area contributed by atoms with Gasteiger partial charge in [0.05, 0.1) is 29.8 Å². The standard InChI is InChI=1S/C18H18N2O4.C2H6/c1-3-5-16-17(6-4-7-18(16)20(22)23)19(13-21)12-14-8-10-15(24-2)11-9-14;1-2/h3-11,13H,12H2,1-2H3;1-2H3/b5-3-;. The van der Waals surface area contributed by atoms with E-state index in [0.717, 1.165) is 11.3 Å². The quantitative estimate of drug-likeness (QED) is 0.405. The first-order valence-electron chi connectivity index (χ1n) is 8.35. The normalized spacial score (nSPS) is 10.0. The molecule has 0 aliphatic carbocycles. The van der Waals surface area contributed by atoms with Crippen molar-refractivity contribution in [3.63, 3.8) is 0 Å². The van der Waals surface area contributed by atoms with Gasteiger partial charge in [-0.15, -0.1) is 0 Å². The molecule has 0 atom stereocenters. The monoisotopic (exact) mass is 356 g/mol. The van der Waals surface area contributed by atoms with Gasteiger partial charge in [-0.05, 0) is 30.7 Å². The van der Waals surface area contributed by atoms with Crippen molar-refractivity contribution < 1.29 is 14.5 Å². The number of anilines is 1. The molecule has 0 aliphatic heterocycles. The Kier molecular flexibility index (Phi) is 8.57. The second-order valence-corrected chi connectivity index (χ2v) is 5.05. The van der Waals surface area contributed by atoms with Crippen LogP contribution in [0.1, 0.15) is 31.9 Å². The number of nitro benzene ring substituents is 1. The zero-order valence-corrected chi connectivity index (χ0v) is 15.5. The maximum absolute atomic E-state index is 11.6. The smallest absolute Gasteiger partial charge is 0.278 e. The molecule has 26 heavy (non-hydrogen) atoms. The van der Waals surface area contributed by atoms with Crippen LogP contribution in [-0.4, -0.2) is 18.4 Å². The first kappa shape index (κ1) is 20.9. The Labute approximate surface area is 153 Å². The van der Waals surface area contributed by atoms with Gasteiger partial charge < -0.3 is 9.64 Å². The van der Waals surface area contributed by atoms with E-state index in [0.29, 0.717) is 24.2 Å². The van der Waals surface area contributed by atoms with Crippen LogP contribution in [0.2, 0.25) is 0 Å². The Hall–Kier alpha value is -3.15. The highest BCUT2D eigenvalue weighted by molar-refractivity contribution is 5.84. The van der Waals surface area contributed by atoms with Gasteiger partial charge in [-0.2, -0.15) is 0 Å². The number of carbonyl (C=O) groups excluding carboxylic acids is 1. The fraction of sp³-hybridized carbons (Fsp3) is 0.250. The molecule has 0 heterocycles. The second-order valence-electron chi connectivity index (χ2n) is 5.05. The van der Waals surface area contributed by atoms with Crippen molar-refractivity contribution in [1.29, 1.82) is 0 Å². The van der Waals surface area contributed by atoms with E-state index in [1.54, 1.807) is 50.5 Å². The van der Waals surface area contributed by atoms with Gasteiger partial charge in [0.15, 0.2) is 0 Å². The van der Waals surface area contributed by atoms with Crippen LogP contribution >= 0.6 is 0 Å². The van der Waals surface area contributed by atoms with Crippen molar-refractivity contribution in [3.05, 3.63) is 69.8 Å². The van der Waals surface area contributed by atoms with E-state index in [4.69, 9.17) is 4.74 Å². The van der Waals surface area contributed by atoms with Gasteiger partial charge in [0.1, 0.15) is 5.75 Å². The van der Waals surface area contributed by atoms with Crippen molar-refractivity contribution >= 4 is 23.9 Å². The van der Waals surface area contributed by atoms with Crippen molar-refractivity contribution in [2.24, 2.45) is 0 Å². The molecular weight excluding hydrogens is 332 g/mol. The number of nitro groups is 1. The van der Waals surface area contributed by atoms with Crippen molar-refractivity contribution in [2.45, 2.75) is 27.3 Å². The minimum Gasteiger partial charge on any atom is -0.497 e. The van der Waals surface area contributed by atoms with Crippen LogP contribution in [-0.2, 0) is 11.3 Å². The van der Waals surface area contributed by atoms with Crippen molar-refractivity contribution in [3.8, 4) is 5.75 Å². The predicted molar refractivity (Wildman–Crippen MR) is 104 cm³/mol. The summed E-state index contributed by atoms with van der Waals surface area (Å²) in [6.45, 7) is 6.08.